The molecule has 0 atom stereocenters. The molecule has 0 fully saturated rings. The molecule has 1 amide bonds. The summed E-state index contributed by atoms with van der Waals surface area (Å²) in [6.07, 6.45) is 1.94. The van der Waals surface area contributed by atoms with Gasteiger partial charge in [-0.25, -0.2) is 0 Å². The Labute approximate surface area is 154 Å². The van der Waals surface area contributed by atoms with E-state index in [-0.39, 0.29) is 21.4 Å². The van der Waals surface area contributed by atoms with Gasteiger partial charge in [0.15, 0.2) is 0 Å². The van der Waals surface area contributed by atoms with Crippen molar-refractivity contribution in [3.63, 3.8) is 0 Å². The first-order valence-electron chi connectivity index (χ1n) is 7.60. The van der Waals surface area contributed by atoms with Gasteiger partial charge in [0.25, 0.3) is 11.6 Å². The number of rotatable bonds is 7. The molecule has 0 aliphatic heterocycles. The van der Waals surface area contributed by atoms with Crippen LogP contribution in [0.5, 0.6) is 5.75 Å². The van der Waals surface area contributed by atoms with Crippen molar-refractivity contribution in [2.45, 2.75) is 19.8 Å². The summed E-state index contributed by atoms with van der Waals surface area (Å²) in [6, 6.07) is 9.07. The van der Waals surface area contributed by atoms with Gasteiger partial charge in [0, 0.05) is 11.6 Å². The van der Waals surface area contributed by atoms with Crippen molar-refractivity contribution in [1.29, 1.82) is 0 Å². The number of nitrogens with one attached hydrogen (secondary N) is 1. The van der Waals surface area contributed by atoms with Crippen LogP contribution in [0.1, 0.15) is 30.1 Å². The summed E-state index contributed by atoms with van der Waals surface area (Å²) in [6.45, 7) is 2.64. The highest BCUT2D eigenvalue weighted by atomic mass is 35.5. The molecule has 25 heavy (non-hydrogen) atoms. The number of anilines is 1. The fourth-order valence-electron chi connectivity index (χ4n) is 2.03. The molecule has 0 aromatic heterocycles. The number of carbonyl (C=O) groups is 1. The van der Waals surface area contributed by atoms with E-state index < -0.39 is 10.8 Å². The minimum Gasteiger partial charge on any atom is -0.494 e. The normalized spacial score (nSPS) is 10.4. The summed E-state index contributed by atoms with van der Waals surface area (Å²) in [5.41, 5.74) is 0.245. The second-order valence-corrected chi connectivity index (χ2v) is 6.04. The molecule has 8 heteroatoms. The second-order valence-electron chi connectivity index (χ2n) is 5.22. The fraction of sp³-hybridized carbons (Fsp3) is 0.235. The number of hydrogen-bond donors (Lipinski definition) is 1. The van der Waals surface area contributed by atoms with Crippen molar-refractivity contribution in [1.82, 2.24) is 0 Å². The molecule has 0 unspecified atom stereocenters. The summed E-state index contributed by atoms with van der Waals surface area (Å²) in [7, 11) is 0. The van der Waals surface area contributed by atoms with Crippen molar-refractivity contribution >= 4 is 40.5 Å². The van der Waals surface area contributed by atoms with E-state index in [9.17, 15) is 14.9 Å². The van der Waals surface area contributed by atoms with E-state index in [1.165, 1.54) is 6.07 Å². The lowest BCUT2D eigenvalue weighted by molar-refractivity contribution is -0.384. The molecular weight excluding hydrogens is 367 g/mol. The average molecular weight is 383 g/mol. The summed E-state index contributed by atoms with van der Waals surface area (Å²) in [5.74, 6) is 0.168. The lowest BCUT2D eigenvalue weighted by atomic mass is 10.2. The predicted octanol–water partition coefficient (Wildman–Crippen LogP) is 5.33. The number of amides is 1. The van der Waals surface area contributed by atoms with Crippen molar-refractivity contribution in [3.05, 3.63) is 62.1 Å². The van der Waals surface area contributed by atoms with E-state index in [1.54, 1.807) is 24.3 Å². The topological polar surface area (TPSA) is 81.5 Å². The Morgan fingerprint density at radius 1 is 1.24 bits per heavy atom. The average Bonchev–Trinajstić information content (AvgIpc) is 2.58. The zero-order valence-corrected chi connectivity index (χ0v) is 14.9. The van der Waals surface area contributed by atoms with Crippen LogP contribution in [0.3, 0.4) is 0 Å². The van der Waals surface area contributed by atoms with Gasteiger partial charge in [0.2, 0.25) is 0 Å². The third kappa shape index (κ3) is 5.08. The summed E-state index contributed by atoms with van der Waals surface area (Å²) >= 11 is 11.8. The van der Waals surface area contributed by atoms with Gasteiger partial charge in [0.05, 0.1) is 22.2 Å². The van der Waals surface area contributed by atoms with Gasteiger partial charge in [-0.15, -0.1) is 0 Å². The van der Waals surface area contributed by atoms with Gasteiger partial charge in [-0.3, -0.25) is 14.9 Å². The maximum absolute atomic E-state index is 12.4. The Hall–Kier alpha value is -2.31. The third-order valence-corrected chi connectivity index (χ3v) is 3.96. The molecule has 2 aromatic rings. The zero-order chi connectivity index (χ0) is 18.4. The third-order valence-electron chi connectivity index (χ3n) is 3.34. The minimum absolute atomic E-state index is 0.0276. The molecule has 0 spiro atoms. The van der Waals surface area contributed by atoms with E-state index >= 15 is 0 Å². The number of hydrogen-bond acceptors (Lipinski definition) is 4. The largest absolute Gasteiger partial charge is 0.494 e. The number of halogens is 2. The molecule has 1 N–H and O–H groups in total. The molecule has 132 valence electrons. The van der Waals surface area contributed by atoms with Crippen LogP contribution in [-0.4, -0.2) is 17.4 Å². The number of ether oxygens (including phenoxy) is 1. The highest BCUT2D eigenvalue weighted by molar-refractivity contribution is 6.37. The van der Waals surface area contributed by atoms with Crippen LogP contribution in [-0.2, 0) is 0 Å². The first-order chi connectivity index (χ1) is 11.9. The van der Waals surface area contributed by atoms with Crippen LogP contribution in [0.4, 0.5) is 11.4 Å². The van der Waals surface area contributed by atoms with Crippen LogP contribution in [0, 0.1) is 10.1 Å². The molecule has 6 nitrogen and oxygen atoms in total. The minimum atomic E-state index is -0.642. The first-order valence-corrected chi connectivity index (χ1v) is 8.35. The summed E-state index contributed by atoms with van der Waals surface area (Å²) in [4.78, 5) is 22.6. The Balaban J connectivity index is 2.16. The number of unbranched alkanes of at least 4 members (excludes halogenated alkanes) is 1. The van der Waals surface area contributed by atoms with Gasteiger partial charge in [0.1, 0.15) is 10.8 Å². The van der Waals surface area contributed by atoms with E-state index in [4.69, 9.17) is 27.9 Å². The van der Waals surface area contributed by atoms with Crippen LogP contribution < -0.4 is 10.1 Å². The Morgan fingerprint density at radius 3 is 2.68 bits per heavy atom. The van der Waals surface area contributed by atoms with Gasteiger partial charge in [-0.2, -0.15) is 0 Å². The number of benzene rings is 2. The molecule has 2 aromatic carbocycles. The molecule has 0 saturated carbocycles. The highest BCUT2D eigenvalue weighted by Crippen LogP contribution is 2.34. The van der Waals surface area contributed by atoms with Crippen LogP contribution >= 0.6 is 23.2 Å². The van der Waals surface area contributed by atoms with E-state index in [1.807, 2.05) is 0 Å². The smallest absolute Gasteiger partial charge is 0.289 e. The molecule has 0 saturated heterocycles. The molecule has 0 aliphatic rings. The SMILES string of the molecule is CCCCOc1cccc(C(=O)Nc2cc(Cl)c([N+](=O)[O-])cc2Cl)c1. The van der Waals surface area contributed by atoms with Crippen molar-refractivity contribution < 1.29 is 14.5 Å². The van der Waals surface area contributed by atoms with Gasteiger partial charge >= 0.3 is 0 Å². The molecule has 2 rings (SSSR count). The number of nitrogens with zero attached hydrogens (tertiary/aromatic N) is 1. The fourth-order valence-corrected chi connectivity index (χ4v) is 2.47. The van der Waals surface area contributed by atoms with Gasteiger partial charge in [-0.05, 0) is 30.7 Å². The summed E-state index contributed by atoms with van der Waals surface area (Å²) in [5, 5.41) is 13.3. The van der Waals surface area contributed by atoms with Crippen molar-refractivity contribution in [2.24, 2.45) is 0 Å². The maximum atomic E-state index is 12.4. The maximum Gasteiger partial charge on any atom is 0.289 e. The Kier molecular flexibility index (Phi) is 6.61. The highest BCUT2D eigenvalue weighted by Gasteiger charge is 2.18. The molecule has 0 aliphatic carbocycles. The number of nitro groups is 1. The van der Waals surface area contributed by atoms with E-state index in [2.05, 4.69) is 12.2 Å². The lowest BCUT2D eigenvalue weighted by Crippen LogP contribution is -2.12. The van der Waals surface area contributed by atoms with Gasteiger partial charge < -0.3 is 10.1 Å². The Morgan fingerprint density at radius 2 is 2.00 bits per heavy atom. The molecule has 0 bridgehead atoms. The van der Waals surface area contributed by atoms with E-state index in [0.717, 1.165) is 18.9 Å². The predicted molar refractivity (Wildman–Crippen MR) is 97.9 cm³/mol. The second kappa shape index (κ2) is 8.69. The van der Waals surface area contributed by atoms with Crippen molar-refractivity contribution in [3.8, 4) is 5.75 Å². The Bertz CT molecular complexity index is 796. The van der Waals surface area contributed by atoms with Crippen LogP contribution in [0.25, 0.3) is 0 Å². The monoisotopic (exact) mass is 382 g/mol. The molecular formula is C17H16Cl2N2O4. The molecule has 0 heterocycles. The van der Waals surface area contributed by atoms with Crippen molar-refractivity contribution in [2.75, 3.05) is 11.9 Å². The number of carbonyl (C=O) groups excluding carboxylic acids is 1. The first kappa shape index (κ1) is 19.0. The zero-order valence-electron chi connectivity index (χ0n) is 13.4. The van der Waals surface area contributed by atoms with E-state index in [0.29, 0.717) is 17.9 Å². The number of nitro benzene ring substituents is 1. The van der Waals surface area contributed by atoms with Crippen LogP contribution in [0.2, 0.25) is 10.0 Å². The molecule has 0 radical (unpaired) electrons. The van der Waals surface area contributed by atoms with Gasteiger partial charge in [-0.1, -0.05) is 42.6 Å². The quantitative estimate of drug-likeness (QED) is 0.398. The van der Waals surface area contributed by atoms with Crippen LogP contribution in [0.15, 0.2) is 36.4 Å². The lowest BCUT2D eigenvalue weighted by Gasteiger charge is -2.10. The summed E-state index contributed by atoms with van der Waals surface area (Å²) < 4.78 is 5.57. The standard InChI is InChI=1S/C17H16Cl2N2O4/c1-2-3-7-25-12-6-4-5-11(8-12)17(22)20-15-9-14(19)16(21(23)24)10-13(15)18/h4-6,8-10H,2-3,7H2,1H3,(H,20,22).